The lowest BCUT2D eigenvalue weighted by atomic mass is 10.1. The van der Waals surface area contributed by atoms with Crippen LogP contribution in [0.2, 0.25) is 0 Å². The minimum Gasteiger partial charge on any atom is -0.492 e. The maximum Gasteiger partial charge on any atom is 0.279 e. The maximum atomic E-state index is 12.5. The molecular weight excluding hydrogens is 354 g/mol. The Morgan fingerprint density at radius 1 is 1.07 bits per heavy atom. The standard InChI is InChI=1S/C22H27N3O3/c1-3-28-21-7-5-4-6-20(21)23-22(27)16-24-12-14-25(15-13-24)19-10-8-18(9-11-19)17(2)26/h4-11H,3,12-16H2,1-2H3,(H,23,27)/p+1. The largest absolute Gasteiger partial charge is 0.492 e. The highest BCUT2D eigenvalue weighted by atomic mass is 16.5. The zero-order chi connectivity index (χ0) is 19.9. The number of carbonyl (C=O) groups is 2. The van der Waals surface area contributed by atoms with E-state index in [2.05, 4.69) is 10.2 Å². The van der Waals surface area contributed by atoms with Gasteiger partial charge in [-0.05, 0) is 50.2 Å². The van der Waals surface area contributed by atoms with Crippen molar-refractivity contribution >= 4 is 23.1 Å². The quantitative estimate of drug-likeness (QED) is 0.715. The number of benzene rings is 2. The fourth-order valence-corrected chi connectivity index (χ4v) is 3.44. The van der Waals surface area contributed by atoms with E-state index in [1.165, 1.54) is 4.90 Å². The van der Waals surface area contributed by atoms with Crippen LogP contribution in [0, 0.1) is 0 Å². The van der Waals surface area contributed by atoms with Gasteiger partial charge in [-0.15, -0.1) is 0 Å². The molecular formula is C22H28N3O3+. The molecule has 3 rings (SSSR count). The summed E-state index contributed by atoms with van der Waals surface area (Å²) in [5, 5.41) is 2.97. The topological polar surface area (TPSA) is 63.1 Å². The summed E-state index contributed by atoms with van der Waals surface area (Å²) >= 11 is 0. The van der Waals surface area contributed by atoms with Crippen molar-refractivity contribution in [2.75, 3.05) is 49.5 Å². The number of ketones is 1. The highest BCUT2D eigenvalue weighted by Gasteiger charge is 2.23. The Bertz CT molecular complexity index is 812. The van der Waals surface area contributed by atoms with Crippen molar-refractivity contribution in [3.8, 4) is 5.75 Å². The molecule has 0 radical (unpaired) electrons. The minimum atomic E-state index is 0.00131. The molecule has 1 aliphatic rings. The number of anilines is 2. The lowest BCUT2D eigenvalue weighted by Crippen LogP contribution is -3.15. The van der Waals surface area contributed by atoms with E-state index in [0.29, 0.717) is 18.9 Å². The van der Waals surface area contributed by atoms with Gasteiger partial charge in [0.15, 0.2) is 12.3 Å². The number of nitrogens with zero attached hydrogens (tertiary/aromatic N) is 1. The number of amides is 1. The molecule has 0 unspecified atom stereocenters. The minimum absolute atomic E-state index is 0.00131. The summed E-state index contributed by atoms with van der Waals surface area (Å²) < 4.78 is 5.56. The SMILES string of the molecule is CCOc1ccccc1NC(=O)C[NH+]1CCN(c2ccc(C(C)=O)cc2)CC1. The molecule has 1 amide bonds. The van der Waals surface area contributed by atoms with Crippen molar-refractivity contribution in [3.63, 3.8) is 0 Å². The molecule has 0 bridgehead atoms. The van der Waals surface area contributed by atoms with Crippen molar-refractivity contribution < 1.29 is 19.2 Å². The Hall–Kier alpha value is -2.86. The molecule has 0 aromatic heterocycles. The zero-order valence-corrected chi connectivity index (χ0v) is 16.5. The lowest BCUT2D eigenvalue weighted by molar-refractivity contribution is -0.892. The van der Waals surface area contributed by atoms with E-state index in [4.69, 9.17) is 4.74 Å². The number of rotatable bonds is 7. The lowest BCUT2D eigenvalue weighted by Gasteiger charge is -2.33. The van der Waals surface area contributed by atoms with Crippen LogP contribution in [0.5, 0.6) is 5.75 Å². The van der Waals surface area contributed by atoms with E-state index in [-0.39, 0.29) is 11.7 Å². The third-order valence-electron chi connectivity index (χ3n) is 4.98. The van der Waals surface area contributed by atoms with E-state index < -0.39 is 0 Å². The van der Waals surface area contributed by atoms with Gasteiger partial charge in [0.2, 0.25) is 0 Å². The van der Waals surface area contributed by atoms with Gasteiger partial charge in [0, 0.05) is 11.3 Å². The van der Waals surface area contributed by atoms with Crippen LogP contribution in [-0.4, -0.2) is 51.0 Å². The molecule has 1 aliphatic heterocycles. The number of hydrogen-bond donors (Lipinski definition) is 2. The number of hydrogen-bond acceptors (Lipinski definition) is 4. The molecule has 0 atom stereocenters. The van der Waals surface area contributed by atoms with Gasteiger partial charge < -0.3 is 19.9 Å². The molecule has 148 valence electrons. The van der Waals surface area contributed by atoms with E-state index in [0.717, 1.165) is 43.1 Å². The summed E-state index contributed by atoms with van der Waals surface area (Å²) in [6.07, 6.45) is 0. The Morgan fingerprint density at radius 2 is 1.75 bits per heavy atom. The summed E-state index contributed by atoms with van der Waals surface area (Å²) in [4.78, 5) is 27.4. The van der Waals surface area contributed by atoms with Crippen LogP contribution in [0.25, 0.3) is 0 Å². The molecule has 0 spiro atoms. The van der Waals surface area contributed by atoms with Gasteiger partial charge >= 0.3 is 0 Å². The van der Waals surface area contributed by atoms with Crippen molar-refractivity contribution in [2.45, 2.75) is 13.8 Å². The van der Waals surface area contributed by atoms with Crippen LogP contribution < -0.4 is 19.9 Å². The summed E-state index contributed by atoms with van der Waals surface area (Å²) in [5.74, 6) is 0.784. The van der Waals surface area contributed by atoms with Crippen molar-refractivity contribution in [2.24, 2.45) is 0 Å². The second-order valence-corrected chi connectivity index (χ2v) is 6.99. The van der Waals surface area contributed by atoms with Gasteiger partial charge in [-0.25, -0.2) is 0 Å². The molecule has 1 heterocycles. The van der Waals surface area contributed by atoms with Crippen LogP contribution >= 0.6 is 0 Å². The molecule has 0 saturated carbocycles. The van der Waals surface area contributed by atoms with E-state index in [9.17, 15) is 9.59 Å². The summed E-state index contributed by atoms with van der Waals surface area (Å²) in [6.45, 7) is 8.08. The zero-order valence-electron chi connectivity index (χ0n) is 16.5. The first-order valence-electron chi connectivity index (χ1n) is 9.78. The molecule has 1 fully saturated rings. The van der Waals surface area contributed by atoms with Crippen LogP contribution in [0.3, 0.4) is 0 Å². The fraction of sp³-hybridized carbons (Fsp3) is 0.364. The first kappa shape index (κ1) is 19.9. The molecule has 2 N–H and O–H groups in total. The normalized spacial score (nSPS) is 14.6. The molecule has 0 aliphatic carbocycles. The Kier molecular flexibility index (Phi) is 6.66. The predicted octanol–water partition coefficient (Wildman–Crippen LogP) is 1.63. The smallest absolute Gasteiger partial charge is 0.279 e. The second-order valence-electron chi connectivity index (χ2n) is 6.99. The van der Waals surface area contributed by atoms with Gasteiger partial charge in [0.05, 0.1) is 38.5 Å². The van der Waals surface area contributed by atoms with E-state index in [1.54, 1.807) is 6.92 Å². The van der Waals surface area contributed by atoms with Crippen LogP contribution in [0.1, 0.15) is 24.2 Å². The summed E-state index contributed by atoms with van der Waals surface area (Å²) in [7, 11) is 0. The third-order valence-corrected chi connectivity index (χ3v) is 4.98. The first-order valence-corrected chi connectivity index (χ1v) is 9.78. The summed E-state index contributed by atoms with van der Waals surface area (Å²) in [6, 6.07) is 15.3. The third kappa shape index (κ3) is 5.10. The molecule has 6 nitrogen and oxygen atoms in total. The summed E-state index contributed by atoms with van der Waals surface area (Å²) in [5.41, 5.74) is 2.58. The Balaban J connectivity index is 1.50. The number of Topliss-reactive ketones (excluding diaryl/α,β-unsaturated/α-hetero) is 1. The van der Waals surface area contributed by atoms with E-state index >= 15 is 0 Å². The van der Waals surface area contributed by atoms with Gasteiger partial charge in [0.25, 0.3) is 5.91 Å². The highest BCUT2D eigenvalue weighted by molar-refractivity contribution is 5.94. The van der Waals surface area contributed by atoms with Gasteiger partial charge in [0.1, 0.15) is 5.75 Å². The Morgan fingerprint density at radius 3 is 2.39 bits per heavy atom. The molecule has 6 heteroatoms. The number of nitrogens with one attached hydrogen (secondary N) is 2. The molecule has 2 aromatic rings. The molecule has 1 saturated heterocycles. The number of para-hydroxylation sites is 2. The predicted molar refractivity (Wildman–Crippen MR) is 110 cm³/mol. The van der Waals surface area contributed by atoms with Crippen LogP contribution in [0.15, 0.2) is 48.5 Å². The second kappa shape index (κ2) is 9.37. The maximum absolute atomic E-state index is 12.5. The number of piperazine rings is 1. The average molecular weight is 382 g/mol. The van der Waals surface area contributed by atoms with Crippen molar-refractivity contribution in [1.29, 1.82) is 0 Å². The monoisotopic (exact) mass is 382 g/mol. The van der Waals surface area contributed by atoms with Gasteiger partial charge in [-0.2, -0.15) is 0 Å². The van der Waals surface area contributed by atoms with Crippen LogP contribution in [-0.2, 0) is 4.79 Å². The Labute approximate surface area is 166 Å². The number of carbonyl (C=O) groups excluding carboxylic acids is 2. The van der Waals surface area contributed by atoms with Gasteiger partial charge in [-0.3, -0.25) is 9.59 Å². The van der Waals surface area contributed by atoms with Crippen molar-refractivity contribution in [3.05, 3.63) is 54.1 Å². The van der Waals surface area contributed by atoms with Crippen LogP contribution in [0.4, 0.5) is 11.4 Å². The highest BCUT2D eigenvalue weighted by Crippen LogP contribution is 2.23. The van der Waals surface area contributed by atoms with E-state index in [1.807, 2.05) is 55.5 Å². The number of ether oxygens (including phenoxy) is 1. The fourth-order valence-electron chi connectivity index (χ4n) is 3.44. The first-order chi connectivity index (χ1) is 13.6. The average Bonchev–Trinajstić information content (AvgIpc) is 2.70. The van der Waals surface area contributed by atoms with Gasteiger partial charge in [-0.1, -0.05) is 12.1 Å². The van der Waals surface area contributed by atoms with Crippen molar-refractivity contribution in [1.82, 2.24) is 0 Å². The molecule has 2 aromatic carbocycles. The number of quaternary nitrogens is 1. The molecule has 28 heavy (non-hydrogen) atoms.